The second kappa shape index (κ2) is 12.5. The van der Waals surface area contributed by atoms with E-state index in [0.29, 0.717) is 13.2 Å². The molecule has 0 radical (unpaired) electrons. The summed E-state index contributed by atoms with van der Waals surface area (Å²) in [7, 11) is -4.12. The van der Waals surface area contributed by atoms with E-state index in [4.69, 9.17) is 13.6 Å². The maximum Gasteiger partial charge on any atom is 0.414 e. The Kier molecular flexibility index (Phi) is 10.9. The standard InChI is InChI=1S/C29H54N2O5Si2/c1-13-30(14-2)25(21-34-37(9,10)28(3,4)5)26(36-38(11,12)29(6,7)8)22-15-17-23(18-16-22)31-19-24(20-32)35-27(31)33/h15-18,24-26,32H,13-14,19-21H2,1-12H3/t24-,25-,26+/m1/s1. The van der Waals surface area contributed by atoms with Crippen LogP contribution in [0.25, 0.3) is 0 Å². The van der Waals surface area contributed by atoms with Crippen molar-refractivity contribution in [1.29, 1.82) is 0 Å². The lowest BCUT2D eigenvalue weighted by Gasteiger charge is -2.45. The first-order valence-corrected chi connectivity index (χ1v) is 19.9. The smallest absolute Gasteiger partial charge is 0.414 e. The van der Waals surface area contributed by atoms with Crippen molar-refractivity contribution in [3.63, 3.8) is 0 Å². The molecule has 0 bridgehead atoms. The van der Waals surface area contributed by atoms with Crippen molar-refractivity contribution in [2.45, 2.75) is 110 Å². The summed E-state index contributed by atoms with van der Waals surface area (Å²) in [5.41, 5.74) is 1.85. The molecule has 1 aliphatic heterocycles. The quantitative estimate of drug-likeness (QED) is 0.281. The molecule has 218 valence electrons. The predicted molar refractivity (Wildman–Crippen MR) is 162 cm³/mol. The van der Waals surface area contributed by atoms with Crippen molar-refractivity contribution in [2.75, 3.05) is 37.7 Å². The minimum atomic E-state index is -2.14. The molecule has 0 saturated carbocycles. The van der Waals surface area contributed by atoms with Crippen LogP contribution in [0.3, 0.4) is 0 Å². The van der Waals surface area contributed by atoms with Gasteiger partial charge >= 0.3 is 6.09 Å². The van der Waals surface area contributed by atoms with Crippen molar-refractivity contribution in [2.24, 2.45) is 0 Å². The summed E-state index contributed by atoms with van der Waals surface area (Å²) in [5, 5.41) is 9.60. The van der Waals surface area contributed by atoms with E-state index in [1.165, 1.54) is 0 Å². The second-order valence-electron chi connectivity index (χ2n) is 13.5. The van der Waals surface area contributed by atoms with E-state index >= 15 is 0 Å². The highest BCUT2D eigenvalue weighted by Crippen LogP contribution is 2.42. The fourth-order valence-corrected chi connectivity index (χ4v) is 6.42. The van der Waals surface area contributed by atoms with Gasteiger partial charge in [-0.25, -0.2) is 4.79 Å². The molecule has 1 amide bonds. The minimum Gasteiger partial charge on any atom is -0.441 e. The zero-order chi connectivity index (χ0) is 29.1. The van der Waals surface area contributed by atoms with Gasteiger partial charge in [0, 0.05) is 5.69 Å². The van der Waals surface area contributed by atoms with Crippen LogP contribution in [-0.4, -0.2) is 77.7 Å². The normalized spacial score (nSPS) is 19.2. The minimum absolute atomic E-state index is 0.0506. The van der Waals surface area contributed by atoms with Crippen molar-refractivity contribution in [3.05, 3.63) is 29.8 Å². The summed E-state index contributed by atoms with van der Waals surface area (Å²) in [6, 6.07) is 8.14. The molecule has 3 atom stereocenters. The Bertz CT molecular complexity index is 905. The van der Waals surface area contributed by atoms with E-state index in [1.807, 2.05) is 12.1 Å². The molecule has 1 fully saturated rings. The summed E-state index contributed by atoms with van der Waals surface area (Å²) in [6.45, 7) is 29.8. The number of aliphatic hydroxyl groups is 1. The summed E-state index contributed by atoms with van der Waals surface area (Å²) >= 11 is 0. The molecule has 1 aromatic rings. The molecule has 0 aromatic heterocycles. The molecule has 0 aliphatic carbocycles. The van der Waals surface area contributed by atoms with Crippen LogP contribution in [0, 0.1) is 0 Å². The Morgan fingerprint density at radius 2 is 1.53 bits per heavy atom. The van der Waals surface area contributed by atoms with Crippen molar-refractivity contribution >= 4 is 28.4 Å². The average Bonchev–Trinajstić information content (AvgIpc) is 3.20. The fourth-order valence-electron chi connectivity index (χ4n) is 4.12. The Hall–Kier alpha value is -1.24. The van der Waals surface area contributed by atoms with Crippen LogP contribution in [0.2, 0.25) is 36.3 Å². The molecule has 1 saturated heterocycles. The highest BCUT2D eigenvalue weighted by molar-refractivity contribution is 6.74. The maximum absolute atomic E-state index is 12.4. The van der Waals surface area contributed by atoms with E-state index in [9.17, 15) is 9.90 Å². The number of hydrogen-bond acceptors (Lipinski definition) is 6. The maximum atomic E-state index is 12.4. The molecule has 7 nitrogen and oxygen atoms in total. The third-order valence-corrected chi connectivity index (χ3v) is 17.8. The van der Waals surface area contributed by atoms with Gasteiger partial charge in [0.15, 0.2) is 16.6 Å². The molecule has 1 aromatic carbocycles. The number of aliphatic hydroxyl groups excluding tert-OH is 1. The van der Waals surface area contributed by atoms with Crippen molar-refractivity contribution in [3.8, 4) is 0 Å². The molecule has 0 spiro atoms. The number of ether oxygens (including phenoxy) is 1. The summed E-state index contributed by atoms with van der Waals surface area (Å²) in [5.74, 6) is 0. The van der Waals surface area contributed by atoms with Crippen molar-refractivity contribution in [1.82, 2.24) is 4.90 Å². The second-order valence-corrected chi connectivity index (χ2v) is 23.1. The molecular formula is C29H54N2O5Si2. The van der Waals surface area contributed by atoms with Crippen LogP contribution < -0.4 is 4.90 Å². The van der Waals surface area contributed by atoms with E-state index in [-0.39, 0.29) is 28.8 Å². The molecule has 9 heteroatoms. The van der Waals surface area contributed by atoms with Crippen molar-refractivity contribution < 1.29 is 23.5 Å². The molecular weight excluding hydrogens is 513 g/mol. The highest BCUT2D eigenvalue weighted by atomic mass is 28.4. The van der Waals surface area contributed by atoms with Crippen LogP contribution in [0.1, 0.15) is 67.1 Å². The average molecular weight is 567 g/mol. The lowest BCUT2D eigenvalue weighted by Crippen LogP contribution is -2.52. The zero-order valence-corrected chi connectivity index (χ0v) is 28.1. The molecule has 1 aliphatic rings. The number of carbonyl (C=O) groups excluding carboxylic acids is 1. The van der Waals surface area contributed by atoms with Crippen LogP contribution in [-0.2, 0) is 13.6 Å². The topological polar surface area (TPSA) is 71.5 Å². The van der Waals surface area contributed by atoms with E-state index in [1.54, 1.807) is 4.90 Å². The summed E-state index contributed by atoms with van der Waals surface area (Å²) in [4.78, 5) is 16.4. The number of likely N-dealkylation sites (N-methyl/N-ethyl adjacent to an activating group) is 1. The number of nitrogens with zero attached hydrogens (tertiary/aromatic N) is 2. The zero-order valence-electron chi connectivity index (χ0n) is 26.1. The first-order valence-electron chi connectivity index (χ1n) is 14.1. The Labute approximate surface area is 234 Å². The number of rotatable bonds is 12. The summed E-state index contributed by atoms with van der Waals surface area (Å²) in [6.07, 6.45) is -1.09. The van der Waals surface area contributed by atoms with E-state index in [2.05, 4.69) is 98.6 Å². The van der Waals surface area contributed by atoms with Gasteiger partial charge in [-0.15, -0.1) is 0 Å². The summed E-state index contributed by atoms with van der Waals surface area (Å²) < 4.78 is 19.3. The first-order chi connectivity index (χ1) is 17.4. The highest BCUT2D eigenvalue weighted by Gasteiger charge is 2.44. The molecule has 0 unspecified atom stereocenters. The third-order valence-electron chi connectivity index (χ3n) is 8.89. The van der Waals surface area contributed by atoms with E-state index in [0.717, 1.165) is 24.3 Å². The Balaban J connectivity index is 2.51. The van der Waals surface area contributed by atoms with Gasteiger partial charge in [-0.3, -0.25) is 9.80 Å². The fraction of sp³-hybridized carbons (Fsp3) is 0.759. The van der Waals surface area contributed by atoms with Gasteiger partial charge in [-0.1, -0.05) is 67.5 Å². The molecule has 38 heavy (non-hydrogen) atoms. The number of anilines is 1. The first kappa shape index (κ1) is 33.0. The Morgan fingerprint density at radius 3 is 1.95 bits per heavy atom. The van der Waals surface area contributed by atoms with Crippen LogP contribution in [0.4, 0.5) is 10.5 Å². The number of benzene rings is 1. The van der Waals surface area contributed by atoms with Gasteiger partial charge in [0.2, 0.25) is 0 Å². The molecule has 1 heterocycles. The molecule has 1 N–H and O–H groups in total. The number of carbonyl (C=O) groups is 1. The van der Waals surface area contributed by atoms with Crippen LogP contribution in [0.5, 0.6) is 0 Å². The van der Waals surface area contributed by atoms with Gasteiger partial charge in [-0.2, -0.15) is 0 Å². The largest absolute Gasteiger partial charge is 0.441 e. The van der Waals surface area contributed by atoms with Gasteiger partial charge in [0.25, 0.3) is 0 Å². The predicted octanol–water partition coefficient (Wildman–Crippen LogP) is 6.80. The monoisotopic (exact) mass is 566 g/mol. The van der Waals surface area contributed by atoms with Gasteiger partial charge < -0.3 is 18.7 Å². The lowest BCUT2D eigenvalue weighted by atomic mass is 10.0. The lowest BCUT2D eigenvalue weighted by molar-refractivity contribution is 0.0291. The van der Waals surface area contributed by atoms with Gasteiger partial charge in [-0.05, 0) is 67.1 Å². The van der Waals surface area contributed by atoms with E-state index < -0.39 is 28.8 Å². The third kappa shape index (κ3) is 7.70. The SMILES string of the molecule is CCN(CC)[C@H](CO[Si](C)(C)C(C)(C)C)[C@@H](O[Si](C)(C)C(C)(C)C)c1ccc(N2C[C@H](CO)OC2=O)cc1. The number of amides is 1. The van der Waals surface area contributed by atoms with Gasteiger partial charge in [0.1, 0.15) is 6.10 Å². The number of cyclic esters (lactones) is 1. The van der Waals surface area contributed by atoms with Gasteiger partial charge in [0.05, 0.1) is 31.9 Å². The Morgan fingerprint density at radius 1 is 1.00 bits per heavy atom. The molecule has 2 rings (SSSR count). The van der Waals surface area contributed by atoms with Crippen LogP contribution in [0.15, 0.2) is 24.3 Å². The number of hydrogen-bond donors (Lipinski definition) is 1. The van der Waals surface area contributed by atoms with Crippen LogP contribution >= 0.6 is 0 Å².